The number of carbonyl (C=O) groups excluding carboxylic acids is 1. The molecule has 6 rings (SSSR count). The van der Waals surface area contributed by atoms with Crippen LogP contribution in [0.3, 0.4) is 0 Å². The van der Waals surface area contributed by atoms with Gasteiger partial charge in [0.1, 0.15) is 11.6 Å². The second-order valence-electron chi connectivity index (χ2n) is 10.8. The van der Waals surface area contributed by atoms with E-state index in [1.807, 2.05) is 32.0 Å². The fraction of sp³-hybridized carbons (Fsp3) is 0.433. The Balaban J connectivity index is 1.51. The molecule has 2 aromatic carbocycles. The summed E-state index contributed by atoms with van der Waals surface area (Å²) in [6.45, 7) is 3.71. The van der Waals surface area contributed by atoms with Crippen LogP contribution in [0, 0.1) is 25.5 Å². The lowest BCUT2D eigenvalue weighted by Gasteiger charge is -2.32. The number of halogens is 3. The quantitative estimate of drug-likeness (QED) is 0.263. The number of aryl methyl sites for hydroxylation is 2. The smallest absolute Gasteiger partial charge is 0.262 e. The van der Waals surface area contributed by atoms with Crippen molar-refractivity contribution in [3.8, 4) is 16.9 Å². The summed E-state index contributed by atoms with van der Waals surface area (Å²) in [5, 5.41) is 4.07. The molecule has 1 aliphatic heterocycles. The van der Waals surface area contributed by atoms with Gasteiger partial charge in [-0.1, -0.05) is 11.2 Å². The van der Waals surface area contributed by atoms with Gasteiger partial charge in [-0.15, -0.1) is 0 Å². The van der Waals surface area contributed by atoms with Gasteiger partial charge in [0.25, 0.3) is 5.91 Å². The van der Waals surface area contributed by atoms with Crippen molar-refractivity contribution in [2.24, 2.45) is 0 Å². The average molecular weight is 569 g/mol. The first-order chi connectivity index (χ1) is 19.7. The fourth-order valence-corrected chi connectivity index (χ4v) is 6.40. The summed E-state index contributed by atoms with van der Waals surface area (Å²) >= 11 is 0. The number of carbonyl (C=O) groups is 1. The van der Waals surface area contributed by atoms with E-state index in [0.717, 1.165) is 54.1 Å². The Labute approximate surface area is 235 Å². The van der Waals surface area contributed by atoms with Gasteiger partial charge in [-0.3, -0.25) is 9.69 Å². The number of amides is 1. The minimum atomic E-state index is -1.82. The maximum Gasteiger partial charge on any atom is 0.262 e. The number of methoxy groups -OCH3 is 2. The first-order valence-corrected chi connectivity index (χ1v) is 13.7. The van der Waals surface area contributed by atoms with Gasteiger partial charge in [-0.05, 0) is 57.2 Å². The van der Waals surface area contributed by atoms with Crippen LogP contribution in [-0.4, -0.2) is 47.1 Å². The van der Waals surface area contributed by atoms with Gasteiger partial charge in [0.2, 0.25) is 5.82 Å². The van der Waals surface area contributed by atoms with E-state index < -0.39 is 29.8 Å². The van der Waals surface area contributed by atoms with Crippen molar-refractivity contribution in [2.75, 3.05) is 19.1 Å². The number of ether oxygens (including phenoxy) is 2. The van der Waals surface area contributed by atoms with Gasteiger partial charge in [-0.25, -0.2) is 13.8 Å². The molecule has 0 N–H and O–H groups in total. The van der Waals surface area contributed by atoms with Crippen molar-refractivity contribution < 1.29 is 32.0 Å². The van der Waals surface area contributed by atoms with E-state index in [9.17, 15) is 13.6 Å². The molecule has 0 bridgehead atoms. The number of hydrogen-bond donors (Lipinski definition) is 0. The third-order valence-electron chi connectivity index (χ3n) is 8.40. The first-order valence-electron chi connectivity index (χ1n) is 13.7. The van der Waals surface area contributed by atoms with Crippen LogP contribution in [-0.2, 0) is 9.53 Å². The second kappa shape index (κ2) is 10.5. The van der Waals surface area contributed by atoms with E-state index in [2.05, 4.69) is 9.72 Å². The van der Waals surface area contributed by atoms with E-state index in [0.29, 0.717) is 17.1 Å². The van der Waals surface area contributed by atoms with Crippen LogP contribution in [0.15, 0.2) is 34.9 Å². The molecular formula is C30H31F3N4O4. The van der Waals surface area contributed by atoms with Crippen molar-refractivity contribution in [1.82, 2.24) is 14.7 Å². The molecular weight excluding hydrogens is 537 g/mol. The lowest BCUT2D eigenvalue weighted by atomic mass is 9.92. The average Bonchev–Trinajstić information content (AvgIpc) is 3.61. The van der Waals surface area contributed by atoms with Crippen molar-refractivity contribution >= 4 is 22.6 Å². The van der Waals surface area contributed by atoms with Gasteiger partial charge in [0.15, 0.2) is 17.7 Å². The Morgan fingerprint density at radius 1 is 1.05 bits per heavy atom. The number of aromatic nitrogens is 3. The summed E-state index contributed by atoms with van der Waals surface area (Å²) in [5.41, 5.74) is 4.02. The zero-order valence-electron chi connectivity index (χ0n) is 23.3. The van der Waals surface area contributed by atoms with Gasteiger partial charge in [0.05, 0.1) is 41.7 Å². The molecule has 1 aliphatic carbocycles. The Morgan fingerprint density at radius 3 is 2.46 bits per heavy atom. The van der Waals surface area contributed by atoms with Crippen LogP contribution < -0.4 is 9.64 Å². The van der Waals surface area contributed by atoms with E-state index in [-0.39, 0.29) is 30.0 Å². The van der Waals surface area contributed by atoms with E-state index in [4.69, 9.17) is 19.0 Å². The number of benzene rings is 2. The summed E-state index contributed by atoms with van der Waals surface area (Å²) in [5.74, 6) is -2.40. The summed E-state index contributed by atoms with van der Waals surface area (Å²) in [4.78, 5) is 19.3. The molecule has 2 aromatic heterocycles. The predicted octanol–water partition coefficient (Wildman–Crippen LogP) is 6.54. The van der Waals surface area contributed by atoms with Gasteiger partial charge >= 0.3 is 0 Å². The Kier molecular flexibility index (Phi) is 7.01. The summed E-state index contributed by atoms with van der Waals surface area (Å²) in [6, 6.07) is 7.19. The van der Waals surface area contributed by atoms with Crippen LogP contribution in [0.1, 0.15) is 61.5 Å². The van der Waals surface area contributed by atoms with E-state index in [1.165, 1.54) is 18.1 Å². The molecule has 2 atom stereocenters. The molecule has 1 saturated carbocycles. The van der Waals surface area contributed by atoms with Crippen molar-refractivity contribution in [1.29, 1.82) is 0 Å². The van der Waals surface area contributed by atoms with Crippen molar-refractivity contribution in [3.05, 3.63) is 59.2 Å². The molecule has 11 heteroatoms. The first kappa shape index (κ1) is 27.3. The highest BCUT2D eigenvalue weighted by Crippen LogP contribution is 2.44. The number of hydrogen-bond acceptors (Lipinski definition) is 6. The lowest BCUT2D eigenvalue weighted by molar-refractivity contribution is -0.121. The molecule has 0 unspecified atom stereocenters. The second-order valence-corrected chi connectivity index (χ2v) is 10.8. The molecule has 4 aromatic rings. The molecule has 1 amide bonds. The van der Waals surface area contributed by atoms with Crippen LogP contribution in [0.25, 0.3) is 22.2 Å². The predicted molar refractivity (Wildman–Crippen MR) is 146 cm³/mol. The maximum atomic E-state index is 15.2. The van der Waals surface area contributed by atoms with E-state index >= 15 is 4.39 Å². The lowest BCUT2D eigenvalue weighted by Crippen LogP contribution is -2.32. The number of alkyl halides is 1. The molecule has 2 aliphatic rings. The molecule has 2 fully saturated rings. The minimum Gasteiger partial charge on any atom is -0.493 e. The number of fused-ring (bicyclic) bond motifs is 1. The normalized spacial score (nSPS) is 23.1. The van der Waals surface area contributed by atoms with E-state index in [1.54, 1.807) is 7.11 Å². The van der Waals surface area contributed by atoms with Crippen LogP contribution in [0.4, 0.5) is 18.9 Å². The highest BCUT2D eigenvalue weighted by atomic mass is 19.2. The highest BCUT2D eigenvalue weighted by molar-refractivity contribution is 6.00. The van der Waals surface area contributed by atoms with Crippen LogP contribution >= 0.6 is 0 Å². The van der Waals surface area contributed by atoms with Gasteiger partial charge in [0, 0.05) is 37.3 Å². The third kappa shape index (κ3) is 4.56. The zero-order valence-corrected chi connectivity index (χ0v) is 23.3. The largest absolute Gasteiger partial charge is 0.493 e. The Morgan fingerprint density at radius 2 is 1.80 bits per heavy atom. The Hall–Kier alpha value is -3.86. The molecule has 0 spiro atoms. The van der Waals surface area contributed by atoms with Crippen LogP contribution in [0.5, 0.6) is 5.75 Å². The zero-order chi connectivity index (χ0) is 29.0. The molecule has 1 saturated heterocycles. The molecule has 41 heavy (non-hydrogen) atoms. The Bertz CT molecular complexity index is 1610. The molecule has 8 nitrogen and oxygen atoms in total. The number of nitrogens with zero attached hydrogens (tertiary/aromatic N) is 4. The summed E-state index contributed by atoms with van der Waals surface area (Å²) < 4.78 is 62.0. The fourth-order valence-electron chi connectivity index (χ4n) is 6.40. The topological polar surface area (TPSA) is 82.6 Å². The molecule has 0 radical (unpaired) electrons. The molecule has 216 valence electrons. The third-order valence-corrected chi connectivity index (χ3v) is 8.40. The van der Waals surface area contributed by atoms with Crippen molar-refractivity contribution in [2.45, 2.75) is 70.3 Å². The maximum absolute atomic E-state index is 15.2. The van der Waals surface area contributed by atoms with Crippen molar-refractivity contribution in [3.63, 3.8) is 0 Å². The van der Waals surface area contributed by atoms with Gasteiger partial charge < -0.3 is 18.6 Å². The minimum absolute atomic E-state index is 0.00834. The molecule has 3 heterocycles. The van der Waals surface area contributed by atoms with Gasteiger partial charge in [-0.2, -0.15) is 4.39 Å². The number of rotatable bonds is 6. The van der Waals surface area contributed by atoms with Crippen LogP contribution in [0.2, 0.25) is 0 Å². The number of anilines is 1. The number of imidazole rings is 1. The monoisotopic (exact) mass is 568 g/mol. The highest BCUT2D eigenvalue weighted by Gasteiger charge is 2.45. The summed E-state index contributed by atoms with van der Waals surface area (Å²) in [6.07, 6.45) is 1.46. The SMILES string of the molecule is COc1cc(N2C(=O)[C@@H](F)C[C@H]2c2nc3cc(-c4c(C)noc4C)ccc3n2C2CCC(OC)CC2)cc(F)c1F. The standard InChI is InChI=1S/C30H31F3N4O4/c1-15-27(16(2)41-35-15)17-5-10-24-23(11-17)34-29(36(24)18-6-8-20(39-3)9-7-18)25-14-22(32)30(38)37(25)19-12-21(31)28(33)26(13-19)40-4/h5,10-13,18,20,22,25H,6-9,14H2,1-4H3/t18?,20?,22-,25-/m0/s1. The summed E-state index contributed by atoms with van der Waals surface area (Å²) in [7, 11) is 2.91.